The summed E-state index contributed by atoms with van der Waals surface area (Å²) < 4.78 is 0. The molecule has 1 aliphatic heterocycles. The van der Waals surface area contributed by atoms with Crippen molar-refractivity contribution in [2.24, 2.45) is 0 Å². The van der Waals surface area contributed by atoms with E-state index >= 15 is 0 Å². The van der Waals surface area contributed by atoms with Crippen LogP contribution >= 0.6 is 0 Å². The molecule has 21 heavy (non-hydrogen) atoms. The Morgan fingerprint density at radius 2 is 2.19 bits per heavy atom. The molecule has 1 unspecified atom stereocenters. The second-order valence-electron chi connectivity index (χ2n) is 4.89. The molecular weight excluding hydrogens is 266 g/mol. The number of hydrogen-bond donors (Lipinski definition) is 1. The van der Waals surface area contributed by atoms with Gasteiger partial charge in [-0.05, 0) is 29.7 Å². The van der Waals surface area contributed by atoms with E-state index in [4.69, 9.17) is 5.26 Å². The monoisotopic (exact) mass is 279 g/mol. The van der Waals surface area contributed by atoms with Gasteiger partial charge in [-0.1, -0.05) is 24.3 Å². The lowest BCUT2D eigenvalue weighted by atomic mass is 9.92. The van der Waals surface area contributed by atoms with Gasteiger partial charge < -0.3 is 10.0 Å². The zero-order valence-corrected chi connectivity index (χ0v) is 11.2. The van der Waals surface area contributed by atoms with Gasteiger partial charge in [-0.25, -0.2) is 9.78 Å². The van der Waals surface area contributed by atoms with Gasteiger partial charge >= 0.3 is 5.97 Å². The van der Waals surface area contributed by atoms with Crippen molar-refractivity contribution in [2.45, 2.75) is 12.5 Å². The highest BCUT2D eigenvalue weighted by atomic mass is 16.4. The fourth-order valence-electron chi connectivity index (χ4n) is 2.77. The number of hydrogen-bond acceptors (Lipinski definition) is 4. The van der Waals surface area contributed by atoms with Crippen molar-refractivity contribution >= 4 is 11.7 Å². The standard InChI is InChI=1S/C16H13N3O2/c17-10-12-9-13(5-7-18-12)19-8-6-11-3-1-2-4-14(11)15(19)16(20)21/h1-5,7,9,15H,6,8H2,(H,20,21). The first-order valence-corrected chi connectivity index (χ1v) is 6.64. The Morgan fingerprint density at radius 1 is 1.38 bits per heavy atom. The van der Waals surface area contributed by atoms with Gasteiger partial charge in [0.2, 0.25) is 0 Å². The third-order valence-electron chi connectivity index (χ3n) is 3.71. The first-order chi connectivity index (χ1) is 10.2. The van der Waals surface area contributed by atoms with E-state index in [1.807, 2.05) is 35.2 Å². The second kappa shape index (κ2) is 5.25. The molecule has 1 atom stereocenters. The van der Waals surface area contributed by atoms with Crippen LogP contribution in [0.3, 0.4) is 0 Å². The van der Waals surface area contributed by atoms with Crippen LogP contribution in [0.4, 0.5) is 5.69 Å². The zero-order valence-electron chi connectivity index (χ0n) is 11.2. The Balaban J connectivity index is 2.07. The molecule has 5 nitrogen and oxygen atoms in total. The van der Waals surface area contributed by atoms with E-state index in [0.29, 0.717) is 12.2 Å². The van der Waals surface area contributed by atoms with Crippen LogP contribution in [0.15, 0.2) is 42.6 Å². The third-order valence-corrected chi connectivity index (χ3v) is 3.71. The number of aliphatic carboxylic acids is 1. The molecule has 0 radical (unpaired) electrons. The van der Waals surface area contributed by atoms with Crippen LogP contribution in [0, 0.1) is 11.3 Å². The Bertz CT molecular complexity index is 736. The van der Waals surface area contributed by atoms with E-state index in [2.05, 4.69) is 4.98 Å². The van der Waals surface area contributed by atoms with Crippen molar-refractivity contribution in [3.05, 3.63) is 59.4 Å². The average molecular weight is 279 g/mol. The number of benzene rings is 1. The molecule has 104 valence electrons. The lowest BCUT2D eigenvalue weighted by Gasteiger charge is -2.36. The van der Waals surface area contributed by atoms with E-state index in [0.717, 1.165) is 17.5 Å². The minimum atomic E-state index is -0.891. The van der Waals surface area contributed by atoms with Crippen LogP contribution < -0.4 is 4.90 Å². The van der Waals surface area contributed by atoms with Crippen molar-refractivity contribution in [1.29, 1.82) is 5.26 Å². The summed E-state index contributed by atoms with van der Waals surface area (Å²) in [6, 6.07) is 12.2. The largest absolute Gasteiger partial charge is 0.479 e. The van der Waals surface area contributed by atoms with E-state index < -0.39 is 12.0 Å². The van der Waals surface area contributed by atoms with Crippen LogP contribution in [0.5, 0.6) is 0 Å². The molecule has 5 heteroatoms. The Kier molecular flexibility index (Phi) is 3.28. The van der Waals surface area contributed by atoms with Crippen molar-refractivity contribution < 1.29 is 9.90 Å². The maximum absolute atomic E-state index is 11.7. The molecule has 0 fully saturated rings. The van der Waals surface area contributed by atoms with Crippen molar-refractivity contribution in [1.82, 2.24) is 4.98 Å². The number of rotatable bonds is 2. The fourth-order valence-corrected chi connectivity index (χ4v) is 2.77. The highest BCUT2D eigenvalue weighted by Crippen LogP contribution is 2.33. The third kappa shape index (κ3) is 2.32. The summed E-state index contributed by atoms with van der Waals surface area (Å²) in [4.78, 5) is 17.5. The molecule has 1 aromatic carbocycles. The van der Waals surface area contributed by atoms with Gasteiger partial charge in [-0.3, -0.25) is 0 Å². The summed E-state index contributed by atoms with van der Waals surface area (Å²) in [6.07, 6.45) is 2.32. The molecule has 1 aromatic heterocycles. The molecule has 1 aliphatic rings. The van der Waals surface area contributed by atoms with Crippen molar-refractivity contribution in [3.8, 4) is 6.07 Å². The number of carbonyl (C=O) groups is 1. The molecule has 0 saturated heterocycles. The number of carboxylic acid groups (broad SMARTS) is 1. The number of carboxylic acids is 1. The Labute approximate surface area is 122 Å². The van der Waals surface area contributed by atoms with Gasteiger partial charge in [0.05, 0.1) is 0 Å². The van der Waals surface area contributed by atoms with Gasteiger partial charge in [-0.15, -0.1) is 0 Å². The first kappa shape index (κ1) is 13.1. The molecule has 0 aliphatic carbocycles. The summed E-state index contributed by atoms with van der Waals surface area (Å²) in [5.74, 6) is -0.891. The highest BCUT2D eigenvalue weighted by molar-refractivity contribution is 5.81. The van der Waals surface area contributed by atoms with Crippen LogP contribution in [0.1, 0.15) is 22.9 Å². The molecule has 0 amide bonds. The summed E-state index contributed by atoms with van der Waals surface area (Å²) >= 11 is 0. The minimum absolute atomic E-state index is 0.287. The predicted molar refractivity (Wildman–Crippen MR) is 76.8 cm³/mol. The SMILES string of the molecule is N#Cc1cc(N2CCc3ccccc3C2C(=O)O)ccn1. The highest BCUT2D eigenvalue weighted by Gasteiger charge is 2.33. The number of fused-ring (bicyclic) bond motifs is 1. The van der Waals surface area contributed by atoms with Gasteiger partial charge in [0.15, 0.2) is 6.04 Å². The second-order valence-corrected chi connectivity index (χ2v) is 4.89. The van der Waals surface area contributed by atoms with Crippen molar-refractivity contribution in [2.75, 3.05) is 11.4 Å². The topological polar surface area (TPSA) is 77.2 Å². The van der Waals surface area contributed by atoms with Crippen LogP contribution in [0.2, 0.25) is 0 Å². The van der Waals surface area contributed by atoms with Gasteiger partial charge in [0.1, 0.15) is 11.8 Å². The van der Waals surface area contributed by atoms with Crippen LogP contribution in [-0.4, -0.2) is 22.6 Å². The number of nitrogens with zero attached hydrogens (tertiary/aromatic N) is 3. The maximum atomic E-state index is 11.7. The van der Waals surface area contributed by atoms with Gasteiger partial charge in [-0.2, -0.15) is 5.26 Å². The summed E-state index contributed by atoms with van der Waals surface area (Å²) in [5.41, 5.74) is 2.88. The molecule has 0 bridgehead atoms. The van der Waals surface area contributed by atoms with Gasteiger partial charge in [0, 0.05) is 18.4 Å². The maximum Gasteiger partial charge on any atom is 0.331 e. The molecule has 2 aromatic rings. The van der Waals surface area contributed by atoms with E-state index in [9.17, 15) is 9.90 Å². The average Bonchev–Trinajstić information content (AvgIpc) is 2.53. The normalized spacial score (nSPS) is 16.9. The fraction of sp³-hybridized carbons (Fsp3) is 0.188. The predicted octanol–water partition coefficient (Wildman–Crippen LogP) is 2.14. The number of pyridine rings is 1. The molecule has 2 heterocycles. The van der Waals surface area contributed by atoms with Crippen LogP contribution in [-0.2, 0) is 11.2 Å². The molecule has 0 spiro atoms. The minimum Gasteiger partial charge on any atom is -0.479 e. The Morgan fingerprint density at radius 3 is 2.95 bits per heavy atom. The summed E-state index contributed by atoms with van der Waals surface area (Å²) in [6.45, 7) is 0.600. The van der Waals surface area contributed by atoms with E-state index in [1.165, 1.54) is 6.20 Å². The van der Waals surface area contributed by atoms with E-state index in [-0.39, 0.29) is 5.69 Å². The quantitative estimate of drug-likeness (QED) is 0.911. The number of anilines is 1. The molecular formula is C16H13N3O2. The first-order valence-electron chi connectivity index (χ1n) is 6.64. The zero-order chi connectivity index (χ0) is 14.8. The van der Waals surface area contributed by atoms with Crippen LogP contribution in [0.25, 0.3) is 0 Å². The number of nitriles is 1. The number of aromatic nitrogens is 1. The molecule has 0 saturated carbocycles. The lowest BCUT2D eigenvalue weighted by Crippen LogP contribution is -2.39. The smallest absolute Gasteiger partial charge is 0.331 e. The Hall–Kier alpha value is -2.87. The lowest BCUT2D eigenvalue weighted by molar-refractivity contribution is -0.138. The molecule has 1 N–H and O–H groups in total. The van der Waals surface area contributed by atoms with E-state index in [1.54, 1.807) is 12.1 Å². The molecule has 3 rings (SSSR count). The van der Waals surface area contributed by atoms with Crippen molar-refractivity contribution in [3.63, 3.8) is 0 Å². The summed E-state index contributed by atoms with van der Waals surface area (Å²) in [7, 11) is 0. The van der Waals surface area contributed by atoms with Gasteiger partial charge in [0.25, 0.3) is 0 Å². The summed E-state index contributed by atoms with van der Waals surface area (Å²) in [5, 5.41) is 18.6.